The average molecular weight is 520 g/mol. The topological polar surface area (TPSA) is 59.6 Å². The Morgan fingerprint density at radius 2 is 1.56 bits per heavy atom. The Kier molecular flexibility index (Phi) is 11.1. The standard InChI is InChI=1S/C25H27BrN2O3.ClH/c1-30-23-15-21(16-27-13-12-19-8-4-2-5-9-19)14-22(26)25(23)31-18-24(29)28-17-20-10-6-3-7-11-20;/h2-11,14-15,27H,12-13,16-18H2,1H3,(H,28,29);1H. The summed E-state index contributed by atoms with van der Waals surface area (Å²) >= 11 is 3.55. The van der Waals surface area contributed by atoms with Crippen LogP contribution < -0.4 is 20.1 Å². The first-order valence-electron chi connectivity index (χ1n) is 10.2. The van der Waals surface area contributed by atoms with Crippen LogP contribution in [0.15, 0.2) is 77.3 Å². The normalized spacial score (nSPS) is 10.2. The minimum Gasteiger partial charge on any atom is -0.493 e. The predicted octanol–water partition coefficient (Wildman–Crippen LogP) is 4.91. The fraction of sp³-hybridized carbons (Fsp3) is 0.240. The number of rotatable bonds is 11. The first-order chi connectivity index (χ1) is 15.2. The maximum Gasteiger partial charge on any atom is 0.258 e. The number of amides is 1. The van der Waals surface area contributed by atoms with E-state index in [1.807, 2.05) is 48.5 Å². The molecule has 0 bridgehead atoms. The van der Waals surface area contributed by atoms with Crippen molar-refractivity contribution < 1.29 is 14.3 Å². The molecule has 2 N–H and O–H groups in total. The third-order valence-electron chi connectivity index (χ3n) is 4.73. The Hall–Kier alpha value is -2.54. The van der Waals surface area contributed by atoms with Crippen molar-refractivity contribution >= 4 is 34.2 Å². The number of hydrogen-bond acceptors (Lipinski definition) is 4. The molecule has 0 fully saturated rings. The molecule has 0 saturated heterocycles. The quantitative estimate of drug-likeness (QED) is 0.354. The molecule has 3 aromatic rings. The van der Waals surface area contributed by atoms with Crippen molar-refractivity contribution in [2.75, 3.05) is 20.3 Å². The summed E-state index contributed by atoms with van der Waals surface area (Å²) < 4.78 is 12.0. The van der Waals surface area contributed by atoms with E-state index in [1.165, 1.54) is 5.56 Å². The van der Waals surface area contributed by atoms with Gasteiger partial charge in [0.15, 0.2) is 18.1 Å². The summed E-state index contributed by atoms with van der Waals surface area (Å²) in [7, 11) is 1.59. The maximum absolute atomic E-state index is 12.2. The number of hydrogen-bond donors (Lipinski definition) is 2. The number of carbonyl (C=O) groups excluding carboxylic acids is 1. The summed E-state index contributed by atoms with van der Waals surface area (Å²) in [5.74, 6) is 0.917. The van der Waals surface area contributed by atoms with Crippen molar-refractivity contribution in [2.24, 2.45) is 0 Å². The van der Waals surface area contributed by atoms with Crippen LogP contribution in [0.1, 0.15) is 16.7 Å². The van der Waals surface area contributed by atoms with E-state index >= 15 is 0 Å². The van der Waals surface area contributed by atoms with E-state index in [2.05, 4.69) is 50.8 Å². The molecular formula is C25H28BrClN2O3. The minimum atomic E-state index is -0.190. The first kappa shape index (κ1) is 25.7. The fourth-order valence-corrected chi connectivity index (χ4v) is 3.71. The lowest BCUT2D eigenvalue weighted by molar-refractivity contribution is -0.123. The molecule has 0 unspecified atom stereocenters. The van der Waals surface area contributed by atoms with Crippen molar-refractivity contribution in [3.05, 3.63) is 94.0 Å². The molecule has 170 valence electrons. The van der Waals surface area contributed by atoms with E-state index in [0.717, 1.165) is 28.6 Å². The van der Waals surface area contributed by atoms with Gasteiger partial charge in [-0.3, -0.25) is 4.79 Å². The molecule has 0 saturated carbocycles. The van der Waals surface area contributed by atoms with E-state index in [1.54, 1.807) is 7.11 Å². The number of ether oxygens (including phenoxy) is 2. The number of benzene rings is 3. The number of methoxy groups -OCH3 is 1. The number of carbonyl (C=O) groups is 1. The molecule has 0 atom stereocenters. The lowest BCUT2D eigenvalue weighted by Gasteiger charge is -2.15. The van der Waals surface area contributed by atoms with Gasteiger partial charge in [-0.1, -0.05) is 60.7 Å². The second-order valence-electron chi connectivity index (χ2n) is 7.07. The summed E-state index contributed by atoms with van der Waals surface area (Å²) in [6.45, 7) is 1.97. The van der Waals surface area contributed by atoms with Gasteiger partial charge in [0, 0.05) is 13.1 Å². The van der Waals surface area contributed by atoms with Crippen LogP contribution in [0.5, 0.6) is 11.5 Å². The predicted molar refractivity (Wildman–Crippen MR) is 134 cm³/mol. The van der Waals surface area contributed by atoms with Gasteiger partial charge in [0.05, 0.1) is 11.6 Å². The first-order valence-corrected chi connectivity index (χ1v) is 11.0. The zero-order valence-electron chi connectivity index (χ0n) is 18.0. The Morgan fingerprint density at radius 3 is 2.22 bits per heavy atom. The second-order valence-corrected chi connectivity index (χ2v) is 7.93. The smallest absolute Gasteiger partial charge is 0.258 e. The van der Waals surface area contributed by atoms with Crippen LogP contribution in [0.2, 0.25) is 0 Å². The molecule has 3 aromatic carbocycles. The summed E-state index contributed by atoms with van der Waals surface area (Å²) in [4.78, 5) is 12.2. The molecule has 1 amide bonds. The second kappa shape index (κ2) is 13.8. The van der Waals surface area contributed by atoms with Crippen LogP contribution in [0, 0.1) is 0 Å². The zero-order chi connectivity index (χ0) is 21.9. The van der Waals surface area contributed by atoms with Gasteiger partial charge in [-0.05, 0) is 57.7 Å². The Labute approximate surface area is 204 Å². The molecule has 0 radical (unpaired) electrons. The van der Waals surface area contributed by atoms with Gasteiger partial charge in [0.1, 0.15) is 0 Å². The molecule has 7 heteroatoms. The van der Waals surface area contributed by atoms with E-state index in [-0.39, 0.29) is 24.9 Å². The third kappa shape index (κ3) is 8.19. The number of halogens is 2. The summed E-state index contributed by atoms with van der Waals surface area (Å²) in [5.41, 5.74) is 3.42. The largest absolute Gasteiger partial charge is 0.493 e. The SMILES string of the molecule is COc1cc(CNCCc2ccccc2)cc(Br)c1OCC(=O)NCc1ccccc1.Cl. The lowest BCUT2D eigenvalue weighted by Crippen LogP contribution is -2.28. The molecule has 0 aliphatic rings. The minimum absolute atomic E-state index is 0. The van der Waals surface area contributed by atoms with Gasteiger partial charge in [0.2, 0.25) is 0 Å². The van der Waals surface area contributed by atoms with Crippen molar-refractivity contribution in [3.63, 3.8) is 0 Å². The molecule has 3 rings (SSSR count). The van der Waals surface area contributed by atoms with Gasteiger partial charge in [-0.25, -0.2) is 0 Å². The molecular weight excluding hydrogens is 492 g/mol. The van der Waals surface area contributed by atoms with Gasteiger partial charge in [-0.2, -0.15) is 0 Å². The maximum atomic E-state index is 12.2. The van der Waals surface area contributed by atoms with Gasteiger partial charge in [0.25, 0.3) is 5.91 Å². The summed E-state index contributed by atoms with van der Waals surface area (Å²) in [6.07, 6.45) is 0.971. The summed E-state index contributed by atoms with van der Waals surface area (Å²) in [6, 6.07) is 24.1. The molecule has 0 aliphatic heterocycles. The van der Waals surface area contributed by atoms with E-state index < -0.39 is 0 Å². The molecule has 0 heterocycles. The van der Waals surface area contributed by atoms with Crippen molar-refractivity contribution in [1.82, 2.24) is 10.6 Å². The van der Waals surface area contributed by atoms with Crippen LogP contribution >= 0.6 is 28.3 Å². The van der Waals surface area contributed by atoms with Crippen molar-refractivity contribution in [2.45, 2.75) is 19.5 Å². The molecule has 32 heavy (non-hydrogen) atoms. The van der Waals surface area contributed by atoms with Crippen LogP contribution in [-0.2, 0) is 24.3 Å². The van der Waals surface area contributed by atoms with Crippen LogP contribution in [0.4, 0.5) is 0 Å². The number of nitrogens with one attached hydrogen (secondary N) is 2. The molecule has 0 spiro atoms. The van der Waals surface area contributed by atoms with Crippen LogP contribution in [0.25, 0.3) is 0 Å². The zero-order valence-corrected chi connectivity index (χ0v) is 20.4. The van der Waals surface area contributed by atoms with E-state index in [9.17, 15) is 4.79 Å². The van der Waals surface area contributed by atoms with Gasteiger partial charge < -0.3 is 20.1 Å². The van der Waals surface area contributed by atoms with Crippen molar-refractivity contribution in [1.29, 1.82) is 0 Å². The van der Waals surface area contributed by atoms with Gasteiger partial charge >= 0.3 is 0 Å². The lowest BCUT2D eigenvalue weighted by atomic mass is 10.1. The highest BCUT2D eigenvalue weighted by molar-refractivity contribution is 9.10. The Bertz CT molecular complexity index is 972. The monoisotopic (exact) mass is 518 g/mol. The average Bonchev–Trinajstić information content (AvgIpc) is 2.81. The summed E-state index contributed by atoms with van der Waals surface area (Å²) in [5, 5.41) is 6.30. The van der Waals surface area contributed by atoms with Crippen molar-refractivity contribution in [3.8, 4) is 11.5 Å². The highest BCUT2D eigenvalue weighted by Crippen LogP contribution is 2.36. The molecule has 0 aliphatic carbocycles. The fourth-order valence-electron chi connectivity index (χ4n) is 3.11. The van der Waals surface area contributed by atoms with E-state index in [0.29, 0.717) is 24.6 Å². The Balaban J connectivity index is 0.00000363. The Morgan fingerprint density at radius 1 is 0.906 bits per heavy atom. The van der Waals surface area contributed by atoms with Crippen LogP contribution in [-0.4, -0.2) is 26.2 Å². The van der Waals surface area contributed by atoms with E-state index in [4.69, 9.17) is 9.47 Å². The van der Waals surface area contributed by atoms with Gasteiger partial charge in [-0.15, -0.1) is 12.4 Å². The highest BCUT2D eigenvalue weighted by Gasteiger charge is 2.13. The molecule has 0 aromatic heterocycles. The highest BCUT2D eigenvalue weighted by atomic mass is 79.9. The third-order valence-corrected chi connectivity index (χ3v) is 5.32. The molecule has 5 nitrogen and oxygen atoms in total. The van der Waals surface area contributed by atoms with Crippen LogP contribution in [0.3, 0.4) is 0 Å².